The standard InChI is InChI=1S/C89H56/c1-50-8-3-2-7-4-11-15-19-23-27-31-35-39-43-47-49-45-41-37-33-29-25-21-17-13-6-10-9-5-12-16-20-24-28-32-36-40-44-48-46-42-38-34-30-26-22-18-14(8)54(50)55(15,51(7,11)50)59(19)58(18,54)62(22)63(23,59)67(27)66(26,62)70(30)71(31,67)75(35)74(34,70)78(38)79(39,75)83(43)82(42,78)86(46)87(47,83)89(49)85(45)81(41)77(37)73(33)69(29)65(25)61(21)57(17)53(10,13)52(9,12)56(16,57)60(20,61)64(24,65)68(28,69)72(32,73)76(36,77)80(40,81)84(44,85)88(48,86)89/h7-49H,2-6H2,1H3. The van der Waals surface area contributed by atoms with Crippen molar-refractivity contribution in [1.29, 1.82) is 0 Å². The molecule has 0 bridgehead atoms. The molecule has 0 aromatic heterocycles. The molecule has 0 N–H and O–H groups in total. The lowest BCUT2D eigenvalue weighted by Gasteiger charge is -3.61. The molecule has 412 valence electrons. The van der Waals surface area contributed by atoms with E-state index in [9.17, 15) is 0 Å². The third-order valence-electron chi connectivity index (χ3n) is 76.7. The normalized spacial score (nSPS) is 140. The molecule has 89 heavy (non-hydrogen) atoms. The van der Waals surface area contributed by atoms with Gasteiger partial charge in [0.2, 0.25) is 0 Å². The zero-order valence-electron chi connectivity index (χ0n) is 49.4. The Morgan fingerprint density at radius 3 is 0.573 bits per heavy atom. The number of rotatable bonds is 0. The fraction of sp³-hybridized carbons (Fsp3) is 1.00. The highest BCUT2D eigenvalue weighted by atomic mass is 15.7. The van der Waals surface area contributed by atoms with Crippen LogP contribution >= 0.6 is 0 Å². The first-order valence-corrected chi connectivity index (χ1v) is 44.2. The summed E-state index contributed by atoms with van der Waals surface area (Å²) in [6.45, 7) is 3.22. The summed E-state index contributed by atoms with van der Waals surface area (Å²) in [4.78, 5) is 0. The predicted molar refractivity (Wildman–Crippen MR) is 276 cm³/mol. The van der Waals surface area contributed by atoms with Crippen molar-refractivity contribution in [3.05, 3.63) is 0 Å². The lowest BCUT2D eigenvalue weighted by Crippen LogP contribution is -3.60. The minimum absolute atomic E-state index is 0.914. The molecule has 62 rings (SSSR count). The van der Waals surface area contributed by atoms with Crippen molar-refractivity contribution in [2.24, 2.45) is 471 Å². The predicted octanol–water partition coefficient (Wildman–Crippen LogP) is 7.75. The summed E-state index contributed by atoms with van der Waals surface area (Å²) in [5.74, 6) is 60.5. The monoisotopic (exact) mass is 1120 g/mol. The molecule has 0 amide bonds. The van der Waals surface area contributed by atoms with Gasteiger partial charge in [-0.1, -0.05) is 6.92 Å². The van der Waals surface area contributed by atoms with Gasteiger partial charge >= 0.3 is 0 Å². The van der Waals surface area contributed by atoms with E-state index in [0.29, 0.717) is 0 Å². The Bertz CT molecular complexity index is 6380. The van der Waals surface area contributed by atoms with Gasteiger partial charge in [-0.05, 0) is 503 Å². The molecule has 62 saturated carbocycles. The van der Waals surface area contributed by atoms with Gasteiger partial charge in [0.1, 0.15) is 0 Å². The number of hydrogen-bond donors (Lipinski definition) is 0. The number of hydrogen-bond acceptors (Lipinski definition) is 0. The van der Waals surface area contributed by atoms with Crippen LogP contribution in [0.25, 0.3) is 0 Å². The zero-order valence-corrected chi connectivity index (χ0v) is 49.4. The van der Waals surface area contributed by atoms with E-state index in [1.807, 2.05) is 12.8 Å². The molecule has 0 aromatic rings. The first-order chi connectivity index (χ1) is 44.2. The van der Waals surface area contributed by atoms with Gasteiger partial charge in [-0.3, -0.25) is 0 Å². The highest BCUT2D eigenvalue weighted by molar-refractivity contribution is 6.10. The summed E-state index contributed by atoms with van der Waals surface area (Å²) >= 11 is 0. The fourth-order valence-electron chi connectivity index (χ4n) is 97.1. The van der Waals surface area contributed by atoms with E-state index in [1.165, 1.54) is 254 Å². The zero-order chi connectivity index (χ0) is 49.4. The van der Waals surface area contributed by atoms with Crippen molar-refractivity contribution in [3.8, 4) is 0 Å². The maximum Gasteiger partial charge on any atom is -0.00502 e. The summed E-state index contributed by atoms with van der Waals surface area (Å²) in [6, 6.07) is 0. The van der Waals surface area contributed by atoms with Crippen LogP contribution < -0.4 is 0 Å². The molecule has 83 atom stereocenters. The summed E-state index contributed by atoms with van der Waals surface area (Å²) < 4.78 is 0. The molecule has 83 unspecified atom stereocenters. The van der Waals surface area contributed by atoms with Gasteiger partial charge < -0.3 is 0 Å². The van der Waals surface area contributed by atoms with Crippen molar-refractivity contribution >= 4 is 0 Å². The van der Waals surface area contributed by atoms with Crippen LogP contribution in [0.15, 0.2) is 0 Å². The van der Waals surface area contributed by atoms with E-state index < -0.39 is 0 Å². The van der Waals surface area contributed by atoms with Crippen LogP contribution in [0.1, 0.15) is 39.0 Å². The minimum atomic E-state index is 0.914. The van der Waals surface area contributed by atoms with Gasteiger partial charge in [0.25, 0.3) is 0 Å². The minimum Gasteiger partial charge on any atom is -0.0582 e. The van der Waals surface area contributed by atoms with E-state index in [0.717, 1.165) is 217 Å². The topological polar surface area (TPSA) is 0 Å². The van der Waals surface area contributed by atoms with Crippen LogP contribution in [-0.4, -0.2) is 0 Å². The second-order valence-electron chi connectivity index (χ2n) is 57.4. The third-order valence-corrected chi connectivity index (χ3v) is 76.7. The van der Waals surface area contributed by atoms with E-state index in [2.05, 4.69) is 6.92 Å². The van der Waals surface area contributed by atoms with E-state index in [1.54, 1.807) is 19.3 Å². The van der Waals surface area contributed by atoms with Crippen molar-refractivity contribution < 1.29 is 0 Å². The summed E-state index contributed by atoms with van der Waals surface area (Å²) in [6.07, 6.45) is 9.01. The summed E-state index contributed by atoms with van der Waals surface area (Å²) in [7, 11) is 0. The molecule has 62 aliphatic rings. The van der Waals surface area contributed by atoms with Gasteiger partial charge in [-0.15, -0.1) is 0 Å². The van der Waals surface area contributed by atoms with E-state index >= 15 is 0 Å². The van der Waals surface area contributed by atoms with Crippen molar-refractivity contribution in [3.63, 3.8) is 0 Å². The molecular formula is C89H56. The maximum absolute atomic E-state index is 3.22. The fourth-order valence-corrected chi connectivity index (χ4v) is 97.1. The SMILES string of the molecule is CC12C3CCC4CC5C6C7C8C9C%10C%11C%12C%13C%14C%15C%16C%17C%18C%19C%20C%21C%22C%23C%24CC%25C%26CC%27C%28C%29C%30C%31C%32C%33C%34C%35C%36C%37C%38C%39C%40C%41C%42C%43C%44C3C13C6(C452)C71C%443C%432C81C91C%422C%412C%101C%111C%402C%392C%121C%131C%382C%372C%141C%151C%163C%174C%185C%196C%207C%218C%229C%23%10C%25%24C%26%27C%28%10C%299C%308C%317C%326C%335C%344C%353C%3621. The Kier molecular flexibility index (Phi) is 1.64. The highest BCUT2D eigenvalue weighted by Crippen LogP contribution is 3.67. The molecule has 0 nitrogen and oxygen atoms in total. The van der Waals surface area contributed by atoms with Crippen LogP contribution in [-0.2, 0) is 0 Å². The molecule has 0 aliphatic heterocycles. The van der Waals surface area contributed by atoms with Crippen LogP contribution in [0.5, 0.6) is 0 Å². The first kappa shape index (κ1) is 30.6. The van der Waals surface area contributed by atoms with Gasteiger partial charge in [0.15, 0.2) is 0 Å². The first-order valence-electron chi connectivity index (χ1n) is 44.2. The van der Waals surface area contributed by atoms with Crippen molar-refractivity contribution in [2.75, 3.05) is 0 Å². The summed E-state index contributed by atoms with van der Waals surface area (Å²) in [5.41, 5.74) is 44.1. The van der Waals surface area contributed by atoms with Crippen molar-refractivity contribution in [2.45, 2.75) is 39.0 Å². The van der Waals surface area contributed by atoms with Gasteiger partial charge in [-0.2, -0.15) is 0 Å². The van der Waals surface area contributed by atoms with Gasteiger partial charge in [0.05, 0.1) is 0 Å². The summed E-state index contributed by atoms with van der Waals surface area (Å²) in [5, 5.41) is 0. The van der Waals surface area contributed by atoms with Crippen LogP contribution in [0.4, 0.5) is 0 Å². The van der Waals surface area contributed by atoms with Gasteiger partial charge in [-0.25, -0.2) is 0 Å². The Hall–Kier alpha value is 0. The average Bonchev–Trinajstić information content (AvgIpc) is 0.439. The van der Waals surface area contributed by atoms with Gasteiger partial charge in [0, 0.05) is 0 Å². The lowest BCUT2D eigenvalue weighted by atomic mass is 8.41. The van der Waals surface area contributed by atoms with Crippen LogP contribution in [0.2, 0.25) is 0 Å². The Balaban J connectivity index is 0.488. The molecule has 0 heteroatoms. The molecule has 62 fully saturated rings. The lowest BCUT2D eigenvalue weighted by molar-refractivity contribution is -1.16. The van der Waals surface area contributed by atoms with Crippen LogP contribution in [0.3, 0.4) is 0 Å². The molecular weight excluding hydrogens is 1070 g/mol. The molecule has 39 spiro atoms. The smallest absolute Gasteiger partial charge is 0.00502 e. The largest absolute Gasteiger partial charge is 0.0582 e. The Morgan fingerprint density at radius 2 is 0.326 bits per heavy atom. The quantitative estimate of drug-likeness (QED) is 0.233. The molecule has 0 saturated heterocycles. The Labute approximate surface area is 506 Å². The molecule has 0 aromatic carbocycles. The second-order valence-corrected chi connectivity index (χ2v) is 57.4. The number of fused-ring (bicyclic) bond motifs is 39. The van der Waals surface area contributed by atoms with Crippen molar-refractivity contribution in [1.82, 2.24) is 0 Å². The van der Waals surface area contributed by atoms with E-state index in [-0.39, 0.29) is 0 Å². The molecule has 0 heterocycles. The van der Waals surface area contributed by atoms with Crippen LogP contribution in [0, 0.1) is 471 Å². The molecule has 62 aliphatic carbocycles. The Morgan fingerprint density at radius 1 is 0.146 bits per heavy atom. The molecule has 0 radical (unpaired) electrons. The van der Waals surface area contributed by atoms with E-state index in [4.69, 9.17) is 0 Å². The third kappa shape index (κ3) is 0.717. The average molecular weight is 1130 g/mol. The highest BCUT2D eigenvalue weighted by Gasteiger charge is 3.66. The maximum atomic E-state index is 3.22. The second kappa shape index (κ2) is 4.76.